The number of hydroxylamine groups is 2. The number of imidazole rings is 1. The minimum absolute atomic E-state index is 0.00681. The monoisotopic (exact) mass is 223 g/mol. The molecule has 1 heterocycles. The first-order valence-electron chi connectivity index (χ1n) is 5.44. The van der Waals surface area contributed by atoms with Crippen molar-refractivity contribution in [2.75, 3.05) is 14.2 Å². The molecule has 0 spiro atoms. The van der Waals surface area contributed by atoms with Gasteiger partial charge >= 0.3 is 0 Å². The first-order valence-corrected chi connectivity index (χ1v) is 5.44. The summed E-state index contributed by atoms with van der Waals surface area (Å²) in [5, 5.41) is 1.30. The van der Waals surface area contributed by atoms with Crippen molar-refractivity contribution in [2.24, 2.45) is 13.0 Å². The lowest BCUT2D eigenvalue weighted by atomic mass is 9.89. The smallest absolute Gasteiger partial charge is 0.249 e. The second-order valence-electron chi connectivity index (χ2n) is 4.21. The molecule has 0 saturated carbocycles. The lowest BCUT2D eigenvalue weighted by Gasteiger charge is -2.24. The number of rotatable bonds is 2. The SMILES string of the molecule is CON(C)C(=O)C1CCc2c(ncn2C)C1. The molecule has 0 bridgehead atoms. The average molecular weight is 223 g/mol. The molecule has 2 rings (SSSR count). The van der Waals surface area contributed by atoms with Gasteiger partial charge in [0.25, 0.3) is 0 Å². The standard InChI is InChI=1S/C11H17N3O2/c1-13-7-12-9-6-8(4-5-10(9)13)11(15)14(2)16-3/h7-8H,4-6H2,1-3H3. The van der Waals surface area contributed by atoms with Crippen molar-refractivity contribution in [3.8, 4) is 0 Å². The Morgan fingerprint density at radius 3 is 3.12 bits per heavy atom. The second-order valence-corrected chi connectivity index (χ2v) is 4.21. The van der Waals surface area contributed by atoms with Crippen molar-refractivity contribution in [2.45, 2.75) is 19.3 Å². The van der Waals surface area contributed by atoms with Crippen LogP contribution in [0.15, 0.2) is 6.33 Å². The Labute approximate surface area is 95.0 Å². The van der Waals surface area contributed by atoms with Crippen molar-refractivity contribution in [3.63, 3.8) is 0 Å². The number of amides is 1. The summed E-state index contributed by atoms with van der Waals surface area (Å²) in [7, 11) is 5.15. The third-order valence-electron chi connectivity index (χ3n) is 3.25. The molecule has 5 nitrogen and oxygen atoms in total. The Balaban J connectivity index is 2.11. The molecule has 0 N–H and O–H groups in total. The maximum absolute atomic E-state index is 11.9. The highest BCUT2D eigenvalue weighted by Crippen LogP contribution is 2.25. The highest BCUT2D eigenvalue weighted by molar-refractivity contribution is 5.78. The van der Waals surface area contributed by atoms with Gasteiger partial charge in [0.1, 0.15) is 0 Å². The van der Waals surface area contributed by atoms with E-state index in [0.717, 1.165) is 25.0 Å². The van der Waals surface area contributed by atoms with E-state index in [0.29, 0.717) is 0 Å². The van der Waals surface area contributed by atoms with Crippen LogP contribution in [0.1, 0.15) is 17.8 Å². The maximum atomic E-state index is 11.9. The molecule has 1 amide bonds. The fourth-order valence-corrected chi connectivity index (χ4v) is 2.20. The summed E-state index contributed by atoms with van der Waals surface area (Å²) < 4.78 is 2.04. The number of carbonyl (C=O) groups is 1. The van der Waals surface area contributed by atoms with Gasteiger partial charge in [0, 0.05) is 32.1 Å². The summed E-state index contributed by atoms with van der Waals surface area (Å²) in [5.74, 6) is 0.0474. The molecule has 1 atom stereocenters. The number of fused-ring (bicyclic) bond motifs is 1. The molecule has 1 aromatic heterocycles. The molecule has 1 unspecified atom stereocenters. The summed E-state index contributed by atoms with van der Waals surface area (Å²) in [6, 6.07) is 0. The molecule has 1 aliphatic rings. The Kier molecular flexibility index (Phi) is 2.96. The molecule has 16 heavy (non-hydrogen) atoms. The van der Waals surface area contributed by atoms with Gasteiger partial charge in [-0.1, -0.05) is 0 Å². The van der Waals surface area contributed by atoms with E-state index in [4.69, 9.17) is 4.84 Å². The Morgan fingerprint density at radius 2 is 2.44 bits per heavy atom. The van der Waals surface area contributed by atoms with E-state index in [1.165, 1.54) is 17.9 Å². The molecule has 0 aromatic carbocycles. The van der Waals surface area contributed by atoms with Gasteiger partial charge in [-0.3, -0.25) is 9.63 Å². The second kappa shape index (κ2) is 4.25. The minimum atomic E-state index is 0.00681. The van der Waals surface area contributed by atoms with Crippen LogP contribution >= 0.6 is 0 Å². The van der Waals surface area contributed by atoms with Crippen molar-refractivity contribution in [1.82, 2.24) is 14.6 Å². The molecular weight excluding hydrogens is 206 g/mol. The van der Waals surface area contributed by atoms with Gasteiger partial charge in [0.2, 0.25) is 5.91 Å². The largest absolute Gasteiger partial charge is 0.337 e. The van der Waals surface area contributed by atoms with Gasteiger partial charge in [-0.25, -0.2) is 10.0 Å². The summed E-state index contributed by atoms with van der Waals surface area (Å²) >= 11 is 0. The fourth-order valence-electron chi connectivity index (χ4n) is 2.20. The van der Waals surface area contributed by atoms with E-state index in [9.17, 15) is 4.79 Å². The van der Waals surface area contributed by atoms with Crippen LogP contribution in [-0.2, 0) is 29.5 Å². The molecule has 1 aromatic rings. The molecular formula is C11H17N3O2. The highest BCUT2D eigenvalue weighted by Gasteiger charge is 2.29. The molecule has 0 fully saturated rings. The van der Waals surface area contributed by atoms with Crippen molar-refractivity contribution in [3.05, 3.63) is 17.7 Å². The van der Waals surface area contributed by atoms with Gasteiger partial charge in [-0.2, -0.15) is 0 Å². The zero-order valence-electron chi connectivity index (χ0n) is 9.93. The number of hydrogen-bond donors (Lipinski definition) is 0. The molecule has 0 radical (unpaired) electrons. The number of carbonyl (C=O) groups excluding carboxylic acids is 1. The highest BCUT2D eigenvalue weighted by atomic mass is 16.7. The van der Waals surface area contributed by atoms with Crippen LogP contribution in [0.5, 0.6) is 0 Å². The zero-order valence-corrected chi connectivity index (χ0v) is 9.93. The summed E-state index contributed by atoms with van der Waals surface area (Å²) in [5.41, 5.74) is 2.31. The third-order valence-corrected chi connectivity index (χ3v) is 3.25. The predicted octanol–water partition coefficient (Wildman–Crippen LogP) is 0.545. The summed E-state index contributed by atoms with van der Waals surface area (Å²) in [6.45, 7) is 0. The molecule has 1 aliphatic carbocycles. The van der Waals surface area contributed by atoms with Crippen LogP contribution in [0, 0.1) is 5.92 Å². The minimum Gasteiger partial charge on any atom is -0.337 e. The van der Waals surface area contributed by atoms with Crippen LogP contribution in [0.4, 0.5) is 0 Å². The fraction of sp³-hybridized carbons (Fsp3) is 0.636. The van der Waals surface area contributed by atoms with Gasteiger partial charge in [0.05, 0.1) is 19.1 Å². The lowest BCUT2D eigenvalue weighted by Crippen LogP contribution is -2.35. The zero-order chi connectivity index (χ0) is 11.7. The normalized spacial score (nSPS) is 19.3. The molecule has 5 heteroatoms. The Morgan fingerprint density at radius 1 is 1.69 bits per heavy atom. The van der Waals surface area contributed by atoms with Gasteiger partial charge in [-0.15, -0.1) is 0 Å². The summed E-state index contributed by atoms with van der Waals surface area (Å²) in [4.78, 5) is 21.2. The van der Waals surface area contributed by atoms with Crippen LogP contribution in [0.25, 0.3) is 0 Å². The van der Waals surface area contributed by atoms with Gasteiger partial charge in [0.15, 0.2) is 0 Å². The number of aromatic nitrogens is 2. The lowest BCUT2D eigenvalue weighted by molar-refractivity contribution is -0.173. The van der Waals surface area contributed by atoms with Crippen LogP contribution in [0.3, 0.4) is 0 Å². The first-order chi connectivity index (χ1) is 7.63. The van der Waals surface area contributed by atoms with Crippen LogP contribution < -0.4 is 0 Å². The quantitative estimate of drug-likeness (QED) is 0.688. The maximum Gasteiger partial charge on any atom is 0.249 e. The average Bonchev–Trinajstić information content (AvgIpc) is 2.68. The number of aryl methyl sites for hydroxylation is 1. The van der Waals surface area contributed by atoms with E-state index in [1.807, 2.05) is 17.9 Å². The van der Waals surface area contributed by atoms with E-state index >= 15 is 0 Å². The number of nitrogens with zero attached hydrogens (tertiary/aromatic N) is 3. The van der Waals surface area contributed by atoms with Gasteiger partial charge < -0.3 is 4.57 Å². The molecule has 88 valence electrons. The molecule has 0 aliphatic heterocycles. The van der Waals surface area contributed by atoms with Crippen molar-refractivity contribution >= 4 is 5.91 Å². The van der Waals surface area contributed by atoms with E-state index in [-0.39, 0.29) is 11.8 Å². The third kappa shape index (κ3) is 1.82. The number of hydrogen-bond acceptors (Lipinski definition) is 3. The van der Waals surface area contributed by atoms with E-state index in [1.54, 1.807) is 7.05 Å². The predicted molar refractivity (Wildman–Crippen MR) is 58.5 cm³/mol. The Bertz CT molecular complexity index is 400. The van der Waals surface area contributed by atoms with Gasteiger partial charge in [-0.05, 0) is 12.8 Å². The van der Waals surface area contributed by atoms with Crippen LogP contribution in [-0.4, -0.2) is 34.7 Å². The van der Waals surface area contributed by atoms with Crippen molar-refractivity contribution < 1.29 is 9.63 Å². The first kappa shape index (κ1) is 11.1. The van der Waals surface area contributed by atoms with Crippen molar-refractivity contribution in [1.29, 1.82) is 0 Å². The Hall–Kier alpha value is -1.36. The van der Waals surface area contributed by atoms with E-state index < -0.39 is 0 Å². The topological polar surface area (TPSA) is 47.4 Å². The molecule has 0 saturated heterocycles. The summed E-state index contributed by atoms with van der Waals surface area (Å²) in [6.07, 6.45) is 4.33. The van der Waals surface area contributed by atoms with E-state index in [2.05, 4.69) is 4.98 Å². The van der Waals surface area contributed by atoms with Crippen LogP contribution in [0.2, 0.25) is 0 Å².